The summed E-state index contributed by atoms with van der Waals surface area (Å²) in [5, 5.41) is 7.55. The Bertz CT molecular complexity index is 1270. The molecule has 0 amide bonds. The number of anilines is 1. The molecule has 10 heteroatoms. The number of fused-ring (bicyclic) bond motifs is 1. The van der Waals surface area contributed by atoms with Gasteiger partial charge in [0.1, 0.15) is 16.9 Å². The van der Waals surface area contributed by atoms with Crippen molar-refractivity contribution in [3.63, 3.8) is 0 Å². The molecule has 0 aliphatic heterocycles. The Morgan fingerprint density at radius 3 is 2.50 bits per heavy atom. The first-order chi connectivity index (χ1) is 17.5. The predicted molar refractivity (Wildman–Crippen MR) is 136 cm³/mol. The van der Waals surface area contributed by atoms with Gasteiger partial charge in [0.25, 0.3) is 0 Å². The fraction of sp³-hybridized carbons (Fsp3) is 0.731. The number of methoxy groups -OCH3 is 1. The SMILES string of the molecule is COC1(c2nc3nc(-c4noc(=O)[nH]4)nc(N[C@H](C)C4CCC4)c3n2CC2CCC(C)CC2)CCC1. The van der Waals surface area contributed by atoms with Crippen LogP contribution >= 0.6 is 0 Å². The molecule has 1 atom stereocenters. The van der Waals surface area contributed by atoms with E-state index in [0.29, 0.717) is 23.3 Å². The molecular formula is C26H37N7O3. The second kappa shape index (κ2) is 9.28. The Kier molecular flexibility index (Phi) is 6.09. The lowest BCUT2D eigenvalue weighted by atomic mass is 9.78. The summed E-state index contributed by atoms with van der Waals surface area (Å²) in [5.74, 6) is 3.59. The fourth-order valence-corrected chi connectivity index (χ4v) is 6.15. The van der Waals surface area contributed by atoms with Gasteiger partial charge in [-0.1, -0.05) is 31.3 Å². The van der Waals surface area contributed by atoms with E-state index >= 15 is 0 Å². The third-order valence-corrected chi connectivity index (χ3v) is 9.01. The summed E-state index contributed by atoms with van der Waals surface area (Å²) in [4.78, 5) is 29.0. The summed E-state index contributed by atoms with van der Waals surface area (Å²) in [6.07, 6.45) is 11.7. The summed E-state index contributed by atoms with van der Waals surface area (Å²) in [6, 6.07) is 0.267. The number of rotatable bonds is 8. The number of aromatic nitrogens is 6. The highest BCUT2D eigenvalue weighted by Gasteiger charge is 2.44. The van der Waals surface area contributed by atoms with Crippen LogP contribution in [0.15, 0.2) is 9.32 Å². The van der Waals surface area contributed by atoms with Gasteiger partial charge >= 0.3 is 5.76 Å². The van der Waals surface area contributed by atoms with Gasteiger partial charge in [0, 0.05) is 19.7 Å². The minimum absolute atomic E-state index is 0.212. The lowest BCUT2D eigenvalue weighted by molar-refractivity contribution is -0.0870. The van der Waals surface area contributed by atoms with Crippen LogP contribution in [0.1, 0.15) is 83.9 Å². The molecule has 3 aromatic heterocycles. The van der Waals surface area contributed by atoms with Gasteiger partial charge < -0.3 is 14.6 Å². The maximum atomic E-state index is 11.7. The number of aromatic amines is 1. The Morgan fingerprint density at radius 2 is 1.92 bits per heavy atom. The first-order valence-electron chi connectivity index (χ1n) is 13.6. The zero-order valence-corrected chi connectivity index (χ0v) is 21.5. The minimum atomic E-state index is -0.628. The molecule has 36 heavy (non-hydrogen) atoms. The van der Waals surface area contributed by atoms with Gasteiger partial charge in [-0.15, -0.1) is 0 Å². The van der Waals surface area contributed by atoms with Gasteiger partial charge in [0.2, 0.25) is 11.6 Å². The highest BCUT2D eigenvalue weighted by Crippen LogP contribution is 2.46. The molecule has 3 aromatic rings. The molecule has 0 radical (unpaired) electrons. The first-order valence-corrected chi connectivity index (χ1v) is 13.6. The van der Waals surface area contributed by atoms with Gasteiger partial charge in [-0.2, -0.15) is 0 Å². The molecule has 0 unspecified atom stereocenters. The van der Waals surface area contributed by atoms with E-state index in [9.17, 15) is 4.79 Å². The van der Waals surface area contributed by atoms with Crippen LogP contribution in [0.5, 0.6) is 0 Å². The predicted octanol–water partition coefficient (Wildman–Crippen LogP) is 4.62. The standard InChI is InChI=1S/C26H37N7O3/c1-15-8-10-17(11-9-15)14-33-19-20(27-16(2)18-6-4-7-18)28-22(23-31-25(34)36-32-23)29-21(19)30-24(33)26(35-3)12-5-13-26/h15-18H,4-14H2,1-3H3,(H,27,28,29)(H,31,32,34)/t15?,16-,17?/m1/s1. The molecule has 0 bridgehead atoms. The molecule has 3 heterocycles. The Morgan fingerprint density at radius 1 is 1.14 bits per heavy atom. The third kappa shape index (κ3) is 4.13. The summed E-state index contributed by atoms with van der Waals surface area (Å²) in [5.41, 5.74) is 1.14. The number of nitrogens with zero attached hydrogens (tertiary/aromatic N) is 5. The zero-order chi connectivity index (χ0) is 24.9. The van der Waals surface area contributed by atoms with Crippen molar-refractivity contribution < 1.29 is 9.26 Å². The van der Waals surface area contributed by atoms with E-state index in [1.165, 1.54) is 44.9 Å². The number of hydrogen-bond acceptors (Lipinski definition) is 8. The van der Waals surface area contributed by atoms with E-state index in [0.717, 1.165) is 48.9 Å². The zero-order valence-electron chi connectivity index (χ0n) is 21.5. The van der Waals surface area contributed by atoms with Crippen molar-refractivity contribution in [2.75, 3.05) is 12.4 Å². The summed E-state index contributed by atoms with van der Waals surface area (Å²) >= 11 is 0. The van der Waals surface area contributed by atoms with Crippen LogP contribution in [-0.4, -0.2) is 42.8 Å². The molecule has 3 fully saturated rings. The van der Waals surface area contributed by atoms with E-state index in [2.05, 4.69) is 33.9 Å². The molecule has 0 saturated heterocycles. The molecule has 3 saturated carbocycles. The van der Waals surface area contributed by atoms with Gasteiger partial charge in [-0.25, -0.2) is 19.7 Å². The maximum Gasteiger partial charge on any atom is 0.439 e. The molecule has 6 rings (SSSR count). The molecule has 10 nitrogen and oxygen atoms in total. The number of hydrogen-bond donors (Lipinski definition) is 2. The van der Waals surface area contributed by atoms with Crippen molar-refractivity contribution in [1.82, 2.24) is 29.7 Å². The van der Waals surface area contributed by atoms with E-state index in [1.54, 1.807) is 7.11 Å². The molecule has 0 aromatic carbocycles. The lowest BCUT2D eigenvalue weighted by Crippen LogP contribution is -2.39. The van der Waals surface area contributed by atoms with Gasteiger partial charge in [-0.3, -0.25) is 9.51 Å². The van der Waals surface area contributed by atoms with Crippen LogP contribution in [0.4, 0.5) is 5.82 Å². The summed E-state index contributed by atoms with van der Waals surface area (Å²) < 4.78 is 13.2. The van der Waals surface area contributed by atoms with Crippen LogP contribution in [0.2, 0.25) is 0 Å². The average Bonchev–Trinajstić information content (AvgIpc) is 3.38. The Balaban J connectivity index is 1.49. The Labute approximate surface area is 210 Å². The molecule has 3 aliphatic carbocycles. The third-order valence-electron chi connectivity index (χ3n) is 9.01. The van der Waals surface area contributed by atoms with Crippen LogP contribution < -0.4 is 11.1 Å². The van der Waals surface area contributed by atoms with E-state index in [4.69, 9.17) is 24.2 Å². The second-order valence-electron chi connectivity index (χ2n) is 11.4. The van der Waals surface area contributed by atoms with E-state index < -0.39 is 5.76 Å². The van der Waals surface area contributed by atoms with Crippen molar-refractivity contribution >= 4 is 17.0 Å². The van der Waals surface area contributed by atoms with Gasteiger partial charge in [-0.05, 0) is 69.6 Å². The van der Waals surface area contributed by atoms with Crippen LogP contribution in [-0.2, 0) is 16.9 Å². The number of nitrogens with one attached hydrogen (secondary N) is 2. The van der Waals surface area contributed by atoms with E-state index in [-0.39, 0.29) is 17.5 Å². The van der Waals surface area contributed by atoms with Crippen molar-refractivity contribution in [2.24, 2.45) is 17.8 Å². The topological polar surface area (TPSA) is 124 Å². The summed E-state index contributed by atoms with van der Waals surface area (Å²) in [6.45, 7) is 5.47. The first kappa shape index (κ1) is 23.6. The van der Waals surface area contributed by atoms with Crippen molar-refractivity contribution in [1.29, 1.82) is 0 Å². The summed E-state index contributed by atoms with van der Waals surface area (Å²) in [7, 11) is 1.79. The highest BCUT2D eigenvalue weighted by atomic mass is 16.5. The number of imidazole rings is 1. The normalized spacial score (nSPS) is 24.9. The van der Waals surface area contributed by atoms with Gasteiger partial charge in [0.15, 0.2) is 11.5 Å². The highest BCUT2D eigenvalue weighted by molar-refractivity contribution is 5.86. The molecule has 2 N–H and O–H groups in total. The average molecular weight is 496 g/mol. The van der Waals surface area contributed by atoms with E-state index in [1.807, 2.05) is 0 Å². The number of ether oxygens (including phenoxy) is 1. The van der Waals surface area contributed by atoms with Crippen molar-refractivity contribution in [3.05, 3.63) is 16.4 Å². The van der Waals surface area contributed by atoms with Crippen LogP contribution in [0.3, 0.4) is 0 Å². The second-order valence-corrected chi connectivity index (χ2v) is 11.4. The Hall–Kier alpha value is -2.75. The quantitative estimate of drug-likeness (QED) is 0.464. The smallest absolute Gasteiger partial charge is 0.370 e. The largest absolute Gasteiger partial charge is 0.439 e. The van der Waals surface area contributed by atoms with Crippen molar-refractivity contribution in [3.8, 4) is 11.6 Å². The van der Waals surface area contributed by atoms with Crippen molar-refractivity contribution in [2.45, 2.75) is 96.2 Å². The maximum absolute atomic E-state index is 11.7. The van der Waals surface area contributed by atoms with Gasteiger partial charge in [0.05, 0.1) is 0 Å². The minimum Gasteiger partial charge on any atom is -0.370 e. The molecular weight excluding hydrogens is 458 g/mol. The lowest BCUT2D eigenvalue weighted by Gasteiger charge is -2.40. The number of H-pyrrole nitrogens is 1. The molecule has 0 spiro atoms. The fourth-order valence-electron chi connectivity index (χ4n) is 6.15. The van der Waals surface area contributed by atoms with Crippen LogP contribution in [0.25, 0.3) is 22.8 Å². The van der Waals surface area contributed by atoms with Crippen LogP contribution in [0, 0.1) is 17.8 Å². The monoisotopic (exact) mass is 495 g/mol. The molecule has 194 valence electrons. The molecule has 3 aliphatic rings.